The normalized spacial score (nSPS) is 8.71. The minimum atomic E-state index is 1.20. The molecule has 0 unspecified atom stereocenters. The molecular weight excluding hydrogens is 151 g/mol. The Labute approximate surface area is 51.4 Å². The second kappa shape index (κ2) is 2.15. The van der Waals surface area contributed by atoms with Crippen LogP contribution in [0, 0.1) is 6.07 Å². The van der Waals surface area contributed by atoms with Crippen LogP contribution in [0.15, 0.2) is 24.3 Å². The second-order valence-electron chi connectivity index (χ2n) is 1.26. The predicted octanol–water partition coefficient (Wildman–Crippen LogP) is 0.0129. The maximum atomic E-state index is 2.95. The molecule has 0 fully saturated rings. The van der Waals surface area contributed by atoms with Crippen LogP contribution >= 0.6 is 0 Å². The Morgan fingerprint density at radius 2 is 2.43 bits per heavy atom. The molecule has 0 nitrogen and oxygen atoms in total. The molecule has 0 aliphatic carbocycles. The van der Waals surface area contributed by atoms with Crippen molar-refractivity contribution in [3.63, 3.8) is 0 Å². The number of hydrogen-bond acceptors (Lipinski definition) is 0. The summed E-state index contributed by atoms with van der Waals surface area (Å²) in [6.45, 7) is 0. The molecule has 0 N–H and O–H groups in total. The Morgan fingerprint density at radius 1 is 1.57 bits per heavy atom. The summed E-state index contributed by atoms with van der Waals surface area (Å²) in [6, 6.07) is 10.8. The van der Waals surface area contributed by atoms with Crippen LogP contribution in [0.5, 0.6) is 0 Å². The quantitative estimate of drug-likeness (QED) is 0.464. The topological polar surface area (TPSA) is 0 Å². The van der Waals surface area contributed by atoms with E-state index in [-0.39, 0.29) is 0 Å². The van der Waals surface area contributed by atoms with Crippen LogP contribution in [0.4, 0.5) is 0 Å². The van der Waals surface area contributed by atoms with Crippen molar-refractivity contribution in [2.24, 2.45) is 0 Å². The van der Waals surface area contributed by atoms with E-state index in [0.29, 0.717) is 0 Å². The molecule has 0 bridgehead atoms. The molecule has 0 aromatic heterocycles. The molecular formula is C6H5Se. The molecule has 0 amide bonds. The molecule has 0 atom stereocenters. The van der Waals surface area contributed by atoms with Gasteiger partial charge in [0, 0.05) is 0 Å². The van der Waals surface area contributed by atoms with Crippen LogP contribution in [0.1, 0.15) is 0 Å². The van der Waals surface area contributed by atoms with Crippen molar-refractivity contribution in [1.29, 1.82) is 0 Å². The average molecular weight is 156 g/mol. The van der Waals surface area contributed by atoms with Gasteiger partial charge in [-0.25, -0.2) is 0 Å². The van der Waals surface area contributed by atoms with Crippen molar-refractivity contribution in [3.8, 4) is 0 Å². The van der Waals surface area contributed by atoms with E-state index in [4.69, 9.17) is 0 Å². The molecule has 1 aromatic carbocycles. The van der Waals surface area contributed by atoms with Gasteiger partial charge in [-0.3, -0.25) is 0 Å². The van der Waals surface area contributed by atoms with Crippen LogP contribution < -0.4 is 4.46 Å². The van der Waals surface area contributed by atoms with Crippen LogP contribution in [0.2, 0.25) is 0 Å². The molecule has 1 radical (unpaired) electrons. The molecule has 0 aliphatic rings. The first-order valence-electron chi connectivity index (χ1n) is 2.04. The fraction of sp³-hybridized carbons (Fsp3) is 0. The standard InChI is InChI=1S/C6H5Se/c7-6-4-2-1-3-5-6/h1-2,4-5,7H. The first-order valence-corrected chi connectivity index (χ1v) is 2.98. The Balaban J connectivity index is 3.02. The SMILES string of the molecule is [SeH]c1c[c]ccc1. The minimum absolute atomic E-state index is 1.20. The summed E-state index contributed by atoms with van der Waals surface area (Å²) in [7, 11) is 0. The monoisotopic (exact) mass is 157 g/mol. The average Bonchev–Trinajstić information content (AvgIpc) is 1.69. The van der Waals surface area contributed by atoms with Crippen LogP contribution in [0.25, 0.3) is 0 Å². The van der Waals surface area contributed by atoms with Gasteiger partial charge in [0.15, 0.2) is 0 Å². The van der Waals surface area contributed by atoms with Crippen molar-refractivity contribution in [3.05, 3.63) is 30.3 Å². The molecule has 35 valence electrons. The zero-order chi connectivity index (χ0) is 5.11. The van der Waals surface area contributed by atoms with Gasteiger partial charge in [-0.05, 0) is 0 Å². The van der Waals surface area contributed by atoms with Crippen molar-refractivity contribution >= 4 is 20.5 Å². The van der Waals surface area contributed by atoms with E-state index in [1.807, 2.05) is 24.3 Å². The van der Waals surface area contributed by atoms with Gasteiger partial charge in [0.05, 0.1) is 0 Å². The third-order valence-corrected chi connectivity index (χ3v) is 1.27. The summed E-state index contributed by atoms with van der Waals surface area (Å²) in [5.41, 5.74) is 0. The molecule has 0 spiro atoms. The summed E-state index contributed by atoms with van der Waals surface area (Å²) in [6.07, 6.45) is 0. The van der Waals surface area contributed by atoms with Crippen LogP contribution in [0.3, 0.4) is 0 Å². The van der Waals surface area contributed by atoms with Crippen molar-refractivity contribution < 1.29 is 0 Å². The number of rotatable bonds is 0. The van der Waals surface area contributed by atoms with Crippen molar-refractivity contribution in [2.45, 2.75) is 0 Å². The fourth-order valence-corrected chi connectivity index (χ4v) is 0.721. The van der Waals surface area contributed by atoms with Gasteiger partial charge >= 0.3 is 50.8 Å². The molecule has 1 rings (SSSR count). The van der Waals surface area contributed by atoms with E-state index < -0.39 is 0 Å². The van der Waals surface area contributed by atoms with Crippen LogP contribution in [-0.4, -0.2) is 16.0 Å². The zero-order valence-corrected chi connectivity index (χ0v) is 5.63. The van der Waals surface area contributed by atoms with E-state index in [1.165, 1.54) is 4.46 Å². The van der Waals surface area contributed by atoms with Crippen molar-refractivity contribution in [1.82, 2.24) is 0 Å². The maximum absolute atomic E-state index is 2.95. The van der Waals surface area contributed by atoms with Gasteiger partial charge < -0.3 is 0 Å². The summed E-state index contributed by atoms with van der Waals surface area (Å²) >= 11 is 2.46. The van der Waals surface area contributed by atoms with E-state index in [2.05, 4.69) is 22.1 Å². The Morgan fingerprint density at radius 3 is 2.71 bits per heavy atom. The van der Waals surface area contributed by atoms with Gasteiger partial charge in [-0.1, -0.05) is 0 Å². The molecule has 1 heteroatoms. The van der Waals surface area contributed by atoms with E-state index in [9.17, 15) is 0 Å². The van der Waals surface area contributed by atoms with Gasteiger partial charge in [0.2, 0.25) is 0 Å². The van der Waals surface area contributed by atoms with Gasteiger partial charge in [0.25, 0.3) is 0 Å². The molecule has 0 aliphatic heterocycles. The van der Waals surface area contributed by atoms with Gasteiger partial charge in [-0.2, -0.15) is 0 Å². The van der Waals surface area contributed by atoms with E-state index >= 15 is 0 Å². The van der Waals surface area contributed by atoms with E-state index in [1.54, 1.807) is 0 Å². The molecule has 0 saturated carbocycles. The zero-order valence-electron chi connectivity index (χ0n) is 3.76. The predicted molar refractivity (Wildman–Crippen MR) is 32.1 cm³/mol. The Bertz CT molecular complexity index is 134. The third kappa shape index (κ3) is 1.34. The van der Waals surface area contributed by atoms with Gasteiger partial charge in [-0.15, -0.1) is 0 Å². The second-order valence-corrected chi connectivity index (χ2v) is 2.35. The summed E-state index contributed by atoms with van der Waals surface area (Å²) in [5, 5.41) is 0. The number of benzene rings is 1. The van der Waals surface area contributed by atoms with Crippen LogP contribution in [-0.2, 0) is 0 Å². The molecule has 1 aromatic rings. The molecule has 0 saturated heterocycles. The number of hydrogen-bond donors (Lipinski definition) is 0. The summed E-state index contributed by atoms with van der Waals surface area (Å²) in [5.74, 6) is 0. The van der Waals surface area contributed by atoms with E-state index in [0.717, 1.165) is 0 Å². The van der Waals surface area contributed by atoms with Gasteiger partial charge in [0.1, 0.15) is 0 Å². The molecule has 7 heavy (non-hydrogen) atoms. The Kier molecular flexibility index (Phi) is 1.50. The molecule has 0 heterocycles. The fourth-order valence-electron chi connectivity index (χ4n) is 0.384. The van der Waals surface area contributed by atoms with Crippen molar-refractivity contribution in [2.75, 3.05) is 0 Å². The third-order valence-electron chi connectivity index (χ3n) is 0.691. The first-order chi connectivity index (χ1) is 3.39. The Hall–Kier alpha value is -0.261. The first kappa shape index (κ1) is 4.89. The summed E-state index contributed by atoms with van der Waals surface area (Å²) in [4.78, 5) is 0. The summed E-state index contributed by atoms with van der Waals surface area (Å²) < 4.78 is 1.20.